The summed E-state index contributed by atoms with van der Waals surface area (Å²) in [4.78, 5) is 5.43. The van der Waals surface area contributed by atoms with E-state index in [9.17, 15) is 25.7 Å². The van der Waals surface area contributed by atoms with Crippen LogP contribution >= 0.6 is 0 Å². The molecule has 2 unspecified atom stereocenters. The van der Waals surface area contributed by atoms with Gasteiger partial charge in [0, 0.05) is 10.9 Å². The van der Waals surface area contributed by atoms with E-state index in [0.717, 1.165) is 5.39 Å². The summed E-state index contributed by atoms with van der Waals surface area (Å²) in [5, 5.41) is 49.9. The second-order valence-corrected chi connectivity index (χ2v) is 5.94. The van der Waals surface area contributed by atoms with Gasteiger partial charge in [-0.2, -0.15) is 9.99 Å². The molecule has 25 heavy (non-hydrogen) atoms. The monoisotopic (exact) mass is 348 g/mol. The molecule has 0 spiro atoms. The number of hydrogen-bond donors (Lipinski definition) is 4. The maximum Gasteiger partial charge on any atom is 0.130 e. The molecule has 134 valence electrons. The van der Waals surface area contributed by atoms with Gasteiger partial charge >= 0.3 is 0 Å². The molecule has 0 radical (unpaired) electrons. The third-order valence-corrected chi connectivity index (χ3v) is 4.58. The molecule has 2 heterocycles. The van der Waals surface area contributed by atoms with E-state index in [1.54, 1.807) is 6.07 Å². The summed E-state index contributed by atoms with van der Waals surface area (Å²) in [6, 6.07) is 9.34. The van der Waals surface area contributed by atoms with Crippen LogP contribution in [0, 0.1) is 11.3 Å². The van der Waals surface area contributed by atoms with Crippen LogP contribution in [0.25, 0.3) is 10.9 Å². The first-order chi connectivity index (χ1) is 12.0. The molecule has 0 aliphatic carbocycles. The SMILES string of the molecule is COn1c([C@H]2O[C@H](CO)[C@H](O)C(O)C2O)c(CC#N)c2ccccc21. The first-order valence-electron chi connectivity index (χ1n) is 7.89. The van der Waals surface area contributed by atoms with E-state index in [2.05, 4.69) is 6.07 Å². The molecule has 5 atom stereocenters. The predicted octanol–water partition coefficient (Wildman–Crippen LogP) is -0.719. The minimum atomic E-state index is -1.51. The maximum atomic E-state index is 10.4. The summed E-state index contributed by atoms with van der Waals surface area (Å²) in [5.41, 5.74) is 1.66. The normalized spacial score (nSPS) is 29.5. The average molecular weight is 348 g/mol. The Morgan fingerprint density at radius 2 is 1.92 bits per heavy atom. The highest BCUT2D eigenvalue weighted by Crippen LogP contribution is 2.38. The number of para-hydroxylation sites is 1. The Bertz CT molecular complexity index is 796. The lowest BCUT2D eigenvalue weighted by atomic mass is 9.91. The van der Waals surface area contributed by atoms with Crippen LogP contribution in [0.15, 0.2) is 24.3 Å². The largest absolute Gasteiger partial charge is 0.417 e. The quantitative estimate of drug-likeness (QED) is 0.574. The predicted molar refractivity (Wildman–Crippen MR) is 86.5 cm³/mol. The molecule has 0 amide bonds. The van der Waals surface area contributed by atoms with Crippen molar-refractivity contribution in [3.8, 4) is 6.07 Å². The minimum Gasteiger partial charge on any atom is -0.417 e. The van der Waals surface area contributed by atoms with E-state index in [0.29, 0.717) is 16.8 Å². The number of benzene rings is 1. The summed E-state index contributed by atoms with van der Waals surface area (Å²) < 4.78 is 7.09. The van der Waals surface area contributed by atoms with Gasteiger partial charge in [0.2, 0.25) is 0 Å². The molecule has 8 heteroatoms. The van der Waals surface area contributed by atoms with Gasteiger partial charge in [-0.05, 0) is 6.07 Å². The third kappa shape index (κ3) is 2.76. The molecule has 2 aromatic rings. The number of hydrogen-bond acceptors (Lipinski definition) is 7. The number of aliphatic hydroxyl groups excluding tert-OH is 4. The fraction of sp³-hybridized carbons (Fsp3) is 0.471. The van der Waals surface area contributed by atoms with Gasteiger partial charge in [0.1, 0.15) is 37.6 Å². The minimum absolute atomic E-state index is 0.0429. The van der Waals surface area contributed by atoms with E-state index >= 15 is 0 Å². The molecular weight excluding hydrogens is 328 g/mol. The van der Waals surface area contributed by atoms with Gasteiger partial charge in [-0.25, -0.2) is 0 Å². The molecule has 4 N–H and O–H groups in total. The van der Waals surface area contributed by atoms with Crippen LogP contribution in [0.3, 0.4) is 0 Å². The Morgan fingerprint density at radius 3 is 2.56 bits per heavy atom. The van der Waals surface area contributed by atoms with Crippen LogP contribution in [0.2, 0.25) is 0 Å². The van der Waals surface area contributed by atoms with Gasteiger partial charge in [-0.15, -0.1) is 0 Å². The Labute approximate surface area is 144 Å². The van der Waals surface area contributed by atoms with Crippen molar-refractivity contribution in [2.24, 2.45) is 0 Å². The van der Waals surface area contributed by atoms with E-state index in [4.69, 9.17) is 9.57 Å². The molecule has 1 fully saturated rings. The molecule has 1 aliphatic heterocycles. The van der Waals surface area contributed by atoms with Gasteiger partial charge in [-0.1, -0.05) is 18.2 Å². The standard InChI is InChI=1S/C17H20N2O6/c1-24-19-11-5-3-2-4-9(11)10(6-7-18)13(19)17-16(23)15(22)14(21)12(8-20)25-17/h2-5,12,14-17,20-23H,6,8H2,1H3/t12-,14+,15?,16?,17-/m1/s1. The fourth-order valence-electron chi connectivity index (χ4n) is 3.37. The Balaban J connectivity index is 2.20. The van der Waals surface area contributed by atoms with E-state index < -0.39 is 37.1 Å². The lowest BCUT2D eigenvalue weighted by Crippen LogP contribution is -2.55. The topological polar surface area (TPSA) is 128 Å². The second-order valence-electron chi connectivity index (χ2n) is 5.94. The summed E-state index contributed by atoms with van der Waals surface area (Å²) in [6.07, 6.45) is -6.48. The Morgan fingerprint density at radius 1 is 1.20 bits per heavy atom. The highest BCUT2D eigenvalue weighted by molar-refractivity contribution is 5.85. The summed E-state index contributed by atoms with van der Waals surface area (Å²) in [7, 11) is 1.44. The van der Waals surface area contributed by atoms with Crippen LogP contribution in [0.1, 0.15) is 17.4 Å². The van der Waals surface area contributed by atoms with Crippen molar-refractivity contribution in [2.45, 2.75) is 36.9 Å². The van der Waals surface area contributed by atoms with Gasteiger partial charge < -0.3 is 30.0 Å². The molecule has 0 saturated carbocycles. The highest BCUT2D eigenvalue weighted by Gasteiger charge is 2.46. The first-order valence-corrected chi connectivity index (χ1v) is 7.89. The Kier molecular flexibility index (Phi) is 4.94. The molecule has 1 saturated heterocycles. The number of nitriles is 1. The third-order valence-electron chi connectivity index (χ3n) is 4.58. The van der Waals surface area contributed by atoms with Crippen LogP contribution in [0.4, 0.5) is 0 Å². The number of aromatic nitrogens is 1. The summed E-state index contributed by atoms with van der Waals surface area (Å²) >= 11 is 0. The van der Waals surface area contributed by atoms with Crippen molar-refractivity contribution >= 4 is 10.9 Å². The Hall–Kier alpha value is -2.15. The number of rotatable bonds is 4. The number of nitrogens with zero attached hydrogens (tertiary/aromatic N) is 2. The average Bonchev–Trinajstić information content (AvgIpc) is 2.94. The summed E-state index contributed by atoms with van der Waals surface area (Å²) in [5.74, 6) is 0. The van der Waals surface area contributed by atoms with Crippen molar-refractivity contribution in [2.75, 3.05) is 13.7 Å². The van der Waals surface area contributed by atoms with Crippen LogP contribution in [0.5, 0.6) is 0 Å². The van der Waals surface area contributed by atoms with Crippen molar-refractivity contribution < 1.29 is 30.0 Å². The summed E-state index contributed by atoms with van der Waals surface area (Å²) in [6.45, 7) is -0.526. The number of fused-ring (bicyclic) bond motifs is 1. The van der Waals surface area contributed by atoms with Gasteiger partial charge in [0.25, 0.3) is 0 Å². The maximum absolute atomic E-state index is 10.4. The number of aliphatic hydroxyl groups is 4. The van der Waals surface area contributed by atoms with Gasteiger partial charge in [0.05, 0.1) is 30.3 Å². The first kappa shape index (κ1) is 17.7. The highest BCUT2D eigenvalue weighted by atomic mass is 16.6. The molecule has 1 aromatic heterocycles. The smallest absolute Gasteiger partial charge is 0.130 e. The van der Waals surface area contributed by atoms with Gasteiger partial charge in [-0.3, -0.25) is 0 Å². The zero-order valence-electron chi connectivity index (χ0n) is 13.6. The van der Waals surface area contributed by atoms with E-state index in [-0.39, 0.29) is 6.42 Å². The molecule has 0 bridgehead atoms. The zero-order valence-corrected chi connectivity index (χ0v) is 13.6. The molecule has 1 aromatic carbocycles. The van der Waals surface area contributed by atoms with Crippen molar-refractivity contribution in [1.82, 2.24) is 4.73 Å². The van der Waals surface area contributed by atoms with Crippen molar-refractivity contribution in [3.63, 3.8) is 0 Å². The van der Waals surface area contributed by atoms with Crippen molar-refractivity contribution in [3.05, 3.63) is 35.5 Å². The van der Waals surface area contributed by atoms with Crippen LogP contribution in [-0.4, -0.2) is 63.3 Å². The zero-order chi connectivity index (χ0) is 18.1. The number of ether oxygens (including phenoxy) is 1. The lowest BCUT2D eigenvalue weighted by Gasteiger charge is -2.40. The van der Waals surface area contributed by atoms with Gasteiger partial charge in [0.15, 0.2) is 0 Å². The molecular formula is C17H20N2O6. The van der Waals surface area contributed by atoms with E-state index in [1.807, 2.05) is 18.2 Å². The fourth-order valence-corrected chi connectivity index (χ4v) is 3.37. The van der Waals surface area contributed by atoms with Crippen LogP contribution in [-0.2, 0) is 11.2 Å². The van der Waals surface area contributed by atoms with Crippen molar-refractivity contribution in [1.29, 1.82) is 5.26 Å². The molecule has 1 aliphatic rings. The molecule has 8 nitrogen and oxygen atoms in total. The lowest BCUT2D eigenvalue weighted by molar-refractivity contribution is -0.234. The second kappa shape index (κ2) is 7.00. The molecule has 3 rings (SSSR count). The van der Waals surface area contributed by atoms with Crippen LogP contribution < -0.4 is 4.84 Å². The van der Waals surface area contributed by atoms with E-state index in [1.165, 1.54) is 11.8 Å².